The first kappa shape index (κ1) is 14.2. The molecule has 0 aliphatic carbocycles. The van der Waals surface area contributed by atoms with E-state index in [2.05, 4.69) is 4.98 Å². The molecular weight excluding hydrogens is 324 g/mol. The number of hydrogen-bond donors (Lipinski definition) is 0. The van der Waals surface area contributed by atoms with Gasteiger partial charge in [0.05, 0.1) is 17.5 Å². The van der Waals surface area contributed by atoms with Crippen LogP contribution in [-0.2, 0) is 9.84 Å². The molecule has 0 spiro atoms. The maximum atomic E-state index is 12.8. The maximum Gasteiger partial charge on any atom is 0.274 e. The second kappa shape index (κ2) is 4.77. The van der Waals surface area contributed by atoms with E-state index >= 15 is 0 Å². The van der Waals surface area contributed by atoms with E-state index in [1.165, 1.54) is 11.3 Å². The number of hydrogen-bond acceptors (Lipinski definition) is 6. The SMILES string of the molecule is CN1CCN(C(=O)c2cn3ccsc3n2)C2CS(=O)(=O)CC21. The number of amides is 1. The van der Waals surface area contributed by atoms with Crippen molar-refractivity contribution in [1.29, 1.82) is 0 Å². The molecule has 2 aliphatic rings. The number of carbonyl (C=O) groups excluding carboxylic acids is 1. The molecule has 2 aromatic heterocycles. The van der Waals surface area contributed by atoms with Crippen LogP contribution in [0.4, 0.5) is 0 Å². The zero-order valence-corrected chi connectivity index (χ0v) is 13.7. The fourth-order valence-corrected chi connectivity index (χ4v) is 6.11. The predicted molar refractivity (Wildman–Crippen MR) is 83.0 cm³/mol. The van der Waals surface area contributed by atoms with E-state index in [-0.39, 0.29) is 29.5 Å². The summed E-state index contributed by atoms with van der Waals surface area (Å²) in [6.07, 6.45) is 3.57. The minimum absolute atomic E-state index is 0.0516. The number of piperazine rings is 1. The van der Waals surface area contributed by atoms with Crippen LogP contribution in [0.3, 0.4) is 0 Å². The van der Waals surface area contributed by atoms with E-state index in [1.807, 2.05) is 27.9 Å². The lowest BCUT2D eigenvalue weighted by molar-refractivity contribution is 0.0405. The van der Waals surface area contributed by atoms with Crippen molar-refractivity contribution in [3.63, 3.8) is 0 Å². The lowest BCUT2D eigenvalue weighted by Gasteiger charge is -2.41. The lowest BCUT2D eigenvalue weighted by atomic mass is 10.1. The first-order valence-corrected chi connectivity index (χ1v) is 9.78. The highest BCUT2D eigenvalue weighted by Gasteiger charge is 2.47. The van der Waals surface area contributed by atoms with Crippen LogP contribution in [0.2, 0.25) is 0 Å². The minimum Gasteiger partial charge on any atom is -0.330 e. The third-order valence-electron chi connectivity index (χ3n) is 4.53. The van der Waals surface area contributed by atoms with Crippen LogP contribution in [0.15, 0.2) is 17.8 Å². The van der Waals surface area contributed by atoms with E-state index < -0.39 is 9.84 Å². The quantitative estimate of drug-likeness (QED) is 0.728. The van der Waals surface area contributed by atoms with Crippen LogP contribution >= 0.6 is 11.3 Å². The predicted octanol–water partition coefficient (Wildman–Crippen LogP) is -0.0510. The van der Waals surface area contributed by atoms with Crippen molar-refractivity contribution in [3.8, 4) is 0 Å². The summed E-state index contributed by atoms with van der Waals surface area (Å²) < 4.78 is 25.7. The molecule has 2 aromatic rings. The van der Waals surface area contributed by atoms with E-state index in [0.717, 1.165) is 4.96 Å². The Hall–Kier alpha value is -1.45. The average Bonchev–Trinajstić information content (AvgIpc) is 3.09. The molecule has 2 aliphatic heterocycles. The number of aromatic nitrogens is 2. The van der Waals surface area contributed by atoms with Gasteiger partial charge >= 0.3 is 0 Å². The molecule has 0 radical (unpaired) electrons. The van der Waals surface area contributed by atoms with Crippen molar-refractivity contribution >= 4 is 32.0 Å². The summed E-state index contributed by atoms with van der Waals surface area (Å²) in [7, 11) is -1.16. The van der Waals surface area contributed by atoms with Crippen molar-refractivity contribution in [1.82, 2.24) is 19.2 Å². The molecule has 4 heterocycles. The first-order valence-electron chi connectivity index (χ1n) is 7.08. The van der Waals surface area contributed by atoms with Crippen molar-refractivity contribution < 1.29 is 13.2 Å². The Morgan fingerprint density at radius 1 is 1.32 bits per heavy atom. The monoisotopic (exact) mass is 340 g/mol. The van der Waals surface area contributed by atoms with E-state index in [1.54, 1.807) is 11.1 Å². The van der Waals surface area contributed by atoms with Gasteiger partial charge in [0.15, 0.2) is 14.8 Å². The van der Waals surface area contributed by atoms with E-state index in [4.69, 9.17) is 0 Å². The molecule has 1 amide bonds. The molecule has 9 heteroatoms. The maximum absolute atomic E-state index is 12.8. The van der Waals surface area contributed by atoms with Crippen LogP contribution in [0.25, 0.3) is 4.96 Å². The summed E-state index contributed by atoms with van der Waals surface area (Å²) in [5.41, 5.74) is 0.388. The number of sulfone groups is 1. The molecule has 0 saturated carbocycles. The number of fused-ring (bicyclic) bond motifs is 2. The summed E-state index contributed by atoms with van der Waals surface area (Å²) in [5.74, 6) is 0.0164. The van der Waals surface area contributed by atoms with Gasteiger partial charge in [-0.3, -0.25) is 14.1 Å². The molecule has 22 heavy (non-hydrogen) atoms. The van der Waals surface area contributed by atoms with Gasteiger partial charge < -0.3 is 4.90 Å². The molecule has 2 fully saturated rings. The van der Waals surface area contributed by atoms with Gasteiger partial charge in [-0.15, -0.1) is 11.3 Å². The van der Waals surface area contributed by atoms with Gasteiger partial charge in [-0.2, -0.15) is 0 Å². The molecule has 0 aromatic carbocycles. The topological polar surface area (TPSA) is 75.0 Å². The second-order valence-electron chi connectivity index (χ2n) is 5.91. The minimum atomic E-state index is -3.08. The van der Waals surface area contributed by atoms with Crippen molar-refractivity contribution in [3.05, 3.63) is 23.5 Å². The summed E-state index contributed by atoms with van der Waals surface area (Å²) in [5, 5.41) is 1.91. The van der Waals surface area contributed by atoms with Gasteiger partial charge in [-0.25, -0.2) is 13.4 Å². The third-order valence-corrected chi connectivity index (χ3v) is 7.00. The normalized spacial score (nSPS) is 28.1. The first-order chi connectivity index (χ1) is 10.4. The number of rotatable bonds is 1. The largest absolute Gasteiger partial charge is 0.330 e. The van der Waals surface area contributed by atoms with Gasteiger partial charge in [-0.05, 0) is 7.05 Å². The average molecular weight is 340 g/mol. The van der Waals surface area contributed by atoms with Crippen molar-refractivity contribution in [2.45, 2.75) is 12.1 Å². The molecule has 4 rings (SSSR count). The Morgan fingerprint density at radius 3 is 2.86 bits per heavy atom. The molecule has 0 N–H and O–H groups in total. The van der Waals surface area contributed by atoms with Crippen molar-refractivity contribution in [2.75, 3.05) is 31.6 Å². The summed E-state index contributed by atoms with van der Waals surface area (Å²) in [6, 6.07) is -0.373. The highest BCUT2D eigenvalue weighted by molar-refractivity contribution is 7.91. The highest BCUT2D eigenvalue weighted by atomic mass is 32.2. The van der Waals surface area contributed by atoms with Crippen LogP contribution in [0.5, 0.6) is 0 Å². The molecule has 2 atom stereocenters. The Balaban J connectivity index is 1.66. The number of nitrogens with zero attached hydrogens (tertiary/aromatic N) is 4. The van der Waals surface area contributed by atoms with Gasteiger partial charge in [0, 0.05) is 36.9 Å². The number of imidazole rings is 1. The van der Waals surface area contributed by atoms with E-state index in [0.29, 0.717) is 18.8 Å². The molecular formula is C13H16N4O3S2. The summed E-state index contributed by atoms with van der Waals surface area (Å²) in [4.78, 5) is 21.6. The molecule has 118 valence electrons. The fraction of sp³-hybridized carbons (Fsp3) is 0.538. The smallest absolute Gasteiger partial charge is 0.274 e. The van der Waals surface area contributed by atoms with Gasteiger partial charge in [0.1, 0.15) is 5.69 Å². The second-order valence-corrected chi connectivity index (χ2v) is 8.94. The zero-order valence-electron chi connectivity index (χ0n) is 12.0. The van der Waals surface area contributed by atoms with Gasteiger partial charge in [0.2, 0.25) is 0 Å². The summed E-state index contributed by atoms with van der Waals surface area (Å²) >= 11 is 1.47. The Bertz CT molecular complexity index is 812. The molecule has 0 bridgehead atoms. The third kappa shape index (κ3) is 2.15. The Morgan fingerprint density at radius 2 is 2.09 bits per heavy atom. The van der Waals surface area contributed by atoms with Gasteiger partial charge in [0.25, 0.3) is 5.91 Å². The molecule has 2 saturated heterocycles. The van der Waals surface area contributed by atoms with E-state index in [9.17, 15) is 13.2 Å². The molecule has 2 unspecified atom stereocenters. The Kier molecular flexibility index (Phi) is 3.07. The zero-order chi connectivity index (χ0) is 15.5. The Labute approximate surface area is 132 Å². The van der Waals surface area contributed by atoms with Crippen LogP contribution in [0.1, 0.15) is 10.5 Å². The van der Waals surface area contributed by atoms with Crippen molar-refractivity contribution in [2.24, 2.45) is 0 Å². The van der Waals surface area contributed by atoms with Crippen LogP contribution < -0.4 is 0 Å². The van der Waals surface area contributed by atoms with Crippen LogP contribution in [0, 0.1) is 0 Å². The van der Waals surface area contributed by atoms with Crippen LogP contribution in [-0.4, -0.2) is 77.2 Å². The standard InChI is InChI=1S/C13H16N4O3S2/c1-15-2-3-17(11-8-22(19,20)7-10(11)15)12(18)9-6-16-4-5-21-13(16)14-9/h4-6,10-11H,2-3,7-8H2,1H3. The van der Waals surface area contributed by atoms with Gasteiger partial charge in [-0.1, -0.05) is 0 Å². The number of thiazole rings is 1. The molecule has 7 nitrogen and oxygen atoms in total. The lowest BCUT2D eigenvalue weighted by Crippen LogP contribution is -2.59. The number of likely N-dealkylation sites (N-methyl/N-ethyl adjacent to an activating group) is 1. The summed E-state index contributed by atoms with van der Waals surface area (Å²) in [6.45, 7) is 1.22. The highest BCUT2D eigenvalue weighted by Crippen LogP contribution is 2.27. The number of carbonyl (C=O) groups is 1. The fourth-order valence-electron chi connectivity index (χ4n) is 3.36.